The zero-order valence-corrected chi connectivity index (χ0v) is 18.6. The Labute approximate surface area is 178 Å². The van der Waals surface area contributed by atoms with Crippen LogP contribution in [0.3, 0.4) is 0 Å². The number of morpholine rings is 1. The van der Waals surface area contributed by atoms with Gasteiger partial charge in [0, 0.05) is 38.0 Å². The number of hydrogen-bond acceptors (Lipinski definition) is 5. The van der Waals surface area contributed by atoms with Crippen LogP contribution >= 0.6 is 24.0 Å². The standard InChI is InChI=1S/C19H30N4O3.HI/c1-3-20-19(22-13-15-7-5-9-21-18(15)24-4-2)23-10-12-26-17(14-23)16-8-6-11-25-16;/h5,7,9,16-17H,3-4,6,8,10-14H2,1-2H3,(H,20,22);1H. The van der Waals surface area contributed by atoms with Crippen LogP contribution in [0.25, 0.3) is 0 Å². The third-order valence-electron chi connectivity index (χ3n) is 4.64. The van der Waals surface area contributed by atoms with Crippen LogP contribution in [0, 0.1) is 0 Å². The molecule has 3 rings (SSSR count). The molecule has 1 aromatic rings. The molecule has 2 unspecified atom stereocenters. The minimum absolute atomic E-state index is 0. The first-order valence-corrected chi connectivity index (χ1v) is 9.65. The van der Waals surface area contributed by atoms with Gasteiger partial charge in [0.2, 0.25) is 5.88 Å². The maximum Gasteiger partial charge on any atom is 0.218 e. The smallest absolute Gasteiger partial charge is 0.218 e. The summed E-state index contributed by atoms with van der Waals surface area (Å²) in [6.07, 6.45) is 4.29. The van der Waals surface area contributed by atoms with Crippen LogP contribution in [-0.2, 0) is 16.0 Å². The number of ether oxygens (including phenoxy) is 3. The summed E-state index contributed by atoms with van der Waals surface area (Å²) >= 11 is 0. The SMILES string of the molecule is CCNC(=NCc1cccnc1OCC)N1CCOC(C2CCCO2)C1.I. The van der Waals surface area contributed by atoms with Gasteiger partial charge in [-0.25, -0.2) is 9.98 Å². The number of nitrogens with zero attached hydrogens (tertiary/aromatic N) is 3. The Bertz CT molecular complexity index is 596. The molecule has 2 aliphatic rings. The van der Waals surface area contributed by atoms with Gasteiger partial charge in [-0.15, -0.1) is 24.0 Å². The molecule has 7 nitrogen and oxygen atoms in total. The zero-order valence-electron chi connectivity index (χ0n) is 16.2. The average molecular weight is 490 g/mol. The van der Waals surface area contributed by atoms with Crippen LogP contribution in [0.15, 0.2) is 23.3 Å². The van der Waals surface area contributed by atoms with Gasteiger partial charge in [-0.2, -0.15) is 0 Å². The normalized spacial score (nSPS) is 23.0. The fourth-order valence-electron chi connectivity index (χ4n) is 3.39. The quantitative estimate of drug-likeness (QED) is 0.376. The van der Waals surface area contributed by atoms with Crippen molar-refractivity contribution in [1.29, 1.82) is 0 Å². The summed E-state index contributed by atoms with van der Waals surface area (Å²) in [5.74, 6) is 1.57. The predicted molar refractivity (Wildman–Crippen MR) is 116 cm³/mol. The Morgan fingerprint density at radius 1 is 1.33 bits per heavy atom. The van der Waals surface area contributed by atoms with Gasteiger partial charge in [0.05, 0.1) is 25.9 Å². The van der Waals surface area contributed by atoms with Crippen molar-refractivity contribution in [1.82, 2.24) is 15.2 Å². The van der Waals surface area contributed by atoms with Crippen molar-refractivity contribution in [2.75, 3.05) is 39.5 Å². The van der Waals surface area contributed by atoms with Crippen molar-refractivity contribution in [3.63, 3.8) is 0 Å². The first-order valence-electron chi connectivity index (χ1n) is 9.65. The van der Waals surface area contributed by atoms with E-state index in [1.54, 1.807) is 6.20 Å². The fourth-order valence-corrected chi connectivity index (χ4v) is 3.39. The Balaban J connectivity index is 0.00000261. The molecule has 8 heteroatoms. The third-order valence-corrected chi connectivity index (χ3v) is 4.64. The molecule has 2 aliphatic heterocycles. The molecule has 1 N–H and O–H groups in total. The van der Waals surface area contributed by atoms with Gasteiger partial charge in [0.15, 0.2) is 5.96 Å². The van der Waals surface area contributed by atoms with E-state index in [1.807, 2.05) is 19.1 Å². The number of hydrogen-bond donors (Lipinski definition) is 1. The van der Waals surface area contributed by atoms with E-state index in [9.17, 15) is 0 Å². The number of guanidine groups is 1. The molecule has 2 saturated heterocycles. The molecule has 0 amide bonds. The Morgan fingerprint density at radius 2 is 2.19 bits per heavy atom. The summed E-state index contributed by atoms with van der Waals surface area (Å²) in [6.45, 7) is 9.20. The lowest BCUT2D eigenvalue weighted by Crippen LogP contribution is -2.53. The predicted octanol–water partition coefficient (Wildman–Crippen LogP) is 2.44. The van der Waals surface area contributed by atoms with Crippen LogP contribution in [0.1, 0.15) is 32.3 Å². The summed E-state index contributed by atoms with van der Waals surface area (Å²) < 4.78 is 17.4. The molecule has 0 bridgehead atoms. The van der Waals surface area contributed by atoms with Gasteiger partial charge >= 0.3 is 0 Å². The van der Waals surface area contributed by atoms with Gasteiger partial charge in [0.1, 0.15) is 6.10 Å². The average Bonchev–Trinajstić information content (AvgIpc) is 3.21. The number of aliphatic imine (C=N–C) groups is 1. The molecule has 0 aromatic carbocycles. The topological polar surface area (TPSA) is 68.2 Å². The highest BCUT2D eigenvalue weighted by atomic mass is 127. The van der Waals surface area contributed by atoms with E-state index < -0.39 is 0 Å². The van der Waals surface area contributed by atoms with Crippen LogP contribution in [0.5, 0.6) is 5.88 Å². The molecule has 2 fully saturated rings. The first kappa shape index (κ1) is 22.2. The first-order chi connectivity index (χ1) is 12.8. The van der Waals surface area contributed by atoms with E-state index in [0.717, 1.165) is 50.6 Å². The van der Waals surface area contributed by atoms with Crippen molar-refractivity contribution in [2.24, 2.45) is 4.99 Å². The Hall–Kier alpha value is -1.13. The molecule has 152 valence electrons. The molecular weight excluding hydrogens is 459 g/mol. The molecule has 1 aromatic heterocycles. The molecule has 2 atom stereocenters. The van der Waals surface area contributed by atoms with Crippen molar-refractivity contribution >= 4 is 29.9 Å². The number of rotatable bonds is 6. The molecule has 27 heavy (non-hydrogen) atoms. The van der Waals surface area contributed by atoms with Crippen LogP contribution < -0.4 is 10.1 Å². The number of pyridine rings is 1. The lowest BCUT2D eigenvalue weighted by molar-refractivity contribution is -0.0817. The van der Waals surface area contributed by atoms with Crippen molar-refractivity contribution in [3.8, 4) is 5.88 Å². The van der Waals surface area contributed by atoms with E-state index in [-0.39, 0.29) is 36.2 Å². The van der Waals surface area contributed by atoms with Gasteiger partial charge < -0.3 is 24.4 Å². The van der Waals surface area contributed by atoms with Gasteiger partial charge in [-0.1, -0.05) is 6.07 Å². The second-order valence-electron chi connectivity index (χ2n) is 6.48. The highest BCUT2D eigenvalue weighted by Crippen LogP contribution is 2.21. The summed E-state index contributed by atoms with van der Waals surface area (Å²) in [5.41, 5.74) is 0.994. The van der Waals surface area contributed by atoms with E-state index in [2.05, 4.69) is 22.1 Å². The van der Waals surface area contributed by atoms with Crippen molar-refractivity contribution in [2.45, 2.75) is 45.4 Å². The van der Waals surface area contributed by atoms with Gasteiger partial charge in [0.25, 0.3) is 0 Å². The minimum Gasteiger partial charge on any atom is -0.478 e. The highest BCUT2D eigenvalue weighted by Gasteiger charge is 2.32. The number of nitrogens with one attached hydrogen (secondary N) is 1. The zero-order chi connectivity index (χ0) is 18.2. The van der Waals surface area contributed by atoms with Crippen LogP contribution in [0.4, 0.5) is 0 Å². The second-order valence-corrected chi connectivity index (χ2v) is 6.48. The van der Waals surface area contributed by atoms with E-state index in [0.29, 0.717) is 25.6 Å². The van der Waals surface area contributed by atoms with Gasteiger partial charge in [-0.3, -0.25) is 0 Å². The molecule has 0 aliphatic carbocycles. The molecule has 0 spiro atoms. The van der Waals surface area contributed by atoms with Crippen molar-refractivity contribution < 1.29 is 14.2 Å². The lowest BCUT2D eigenvalue weighted by atomic mass is 10.1. The molecule has 0 saturated carbocycles. The third kappa shape index (κ3) is 6.18. The van der Waals surface area contributed by atoms with E-state index in [1.165, 1.54) is 0 Å². The van der Waals surface area contributed by atoms with Gasteiger partial charge in [-0.05, 0) is 32.8 Å². The maximum absolute atomic E-state index is 5.95. The molecule has 0 radical (unpaired) electrons. The fraction of sp³-hybridized carbons (Fsp3) is 0.684. The Kier molecular flexibility index (Phi) is 9.57. The maximum atomic E-state index is 5.95. The summed E-state index contributed by atoms with van der Waals surface area (Å²) in [5, 5.41) is 3.40. The summed E-state index contributed by atoms with van der Waals surface area (Å²) in [7, 11) is 0. The van der Waals surface area contributed by atoms with E-state index >= 15 is 0 Å². The number of aromatic nitrogens is 1. The largest absolute Gasteiger partial charge is 0.478 e. The lowest BCUT2D eigenvalue weighted by Gasteiger charge is -2.37. The minimum atomic E-state index is 0. The summed E-state index contributed by atoms with van der Waals surface area (Å²) in [4.78, 5) is 11.4. The molecule has 3 heterocycles. The monoisotopic (exact) mass is 490 g/mol. The van der Waals surface area contributed by atoms with Crippen molar-refractivity contribution in [3.05, 3.63) is 23.9 Å². The van der Waals surface area contributed by atoms with Crippen LogP contribution in [0.2, 0.25) is 0 Å². The molecular formula is C19H31IN4O3. The van der Waals surface area contributed by atoms with E-state index in [4.69, 9.17) is 19.2 Å². The highest BCUT2D eigenvalue weighted by molar-refractivity contribution is 14.0. The second kappa shape index (κ2) is 11.7. The number of halogens is 1. The summed E-state index contributed by atoms with van der Waals surface area (Å²) in [6, 6.07) is 3.93. The van der Waals surface area contributed by atoms with Crippen LogP contribution in [-0.4, -0.2) is 67.5 Å². The Morgan fingerprint density at radius 3 is 2.93 bits per heavy atom.